The molecule has 0 saturated carbocycles. The Morgan fingerprint density at radius 3 is 2.54 bits per heavy atom. The molecule has 1 N–H and O–H groups in total. The zero-order valence-electron chi connectivity index (χ0n) is 20.4. The Kier molecular flexibility index (Phi) is 6.05. The number of amides is 1. The summed E-state index contributed by atoms with van der Waals surface area (Å²) in [5.41, 5.74) is 1.04. The van der Waals surface area contributed by atoms with Crippen LogP contribution in [0.15, 0.2) is 96.2 Å². The van der Waals surface area contributed by atoms with Crippen LogP contribution in [0.1, 0.15) is 10.4 Å². The van der Waals surface area contributed by atoms with E-state index in [1.807, 2.05) is 23.9 Å². The van der Waals surface area contributed by atoms with Gasteiger partial charge in [-0.25, -0.2) is 14.4 Å². The Balaban J connectivity index is 1.31. The van der Waals surface area contributed by atoms with Crippen LogP contribution in [0.25, 0.3) is 27.8 Å². The summed E-state index contributed by atoms with van der Waals surface area (Å²) in [6.07, 6.45) is 4.98. The molecule has 2 aromatic carbocycles. The molecular formula is C29H19ClFN5O3. The highest BCUT2D eigenvalue weighted by molar-refractivity contribution is 6.30. The van der Waals surface area contributed by atoms with Gasteiger partial charge < -0.3 is 14.6 Å². The summed E-state index contributed by atoms with van der Waals surface area (Å²) in [4.78, 5) is 35.3. The maximum Gasteiger partial charge on any atom is 0.269 e. The zero-order chi connectivity index (χ0) is 27.1. The first-order valence-corrected chi connectivity index (χ1v) is 12.2. The van der Waals surface area contributed by atoms with Gasteiger partial charge in [-0.1, -0.05) is 11.6 Å². The molecule has 0 bridgehead atoms. The van der Waals surface area contributed by atoms with Crippen LogP contribution in [0.2, 0.25) is 5.02 Å². The van der Waals surface area contributed by atoms with Crippen LogP contribution in [0.3, 0.4) is 0 Å². The third-order valence-corrected chi connectivity index (χ3v) is 6.48. The van der Waals surface area contributed by atoms with Crippen LogP contribution in [-0.4, -0.2) is 25.0 Å². The lowest BCUT2D eigenvalue weighted by molar-refractivity contribution is 0.102. The van der Waals surface area contributed by atoms with Gasteiger partial charge in [0.15, 0.2) is 11.6 Å². The summed E-state index contributed by atoms with van der Waals surface area (Å²) in [6.45, 7) is 0. The van der Waals surface area contributed by atoms with E-state index in [0.717, 1.165) is 11.5 Å². The number of halogens is 2. The lowest BCUT2D eigenvalue weighted by atomic mass is 10.1. The highest BCUT2D eigenvalue weighted by Crippen LogP contribution is 2.31. The summed E-state index contributed by atoms with van der Waals surface area (Å²) in [5, 5.41) is 4.43. The lowest BCUT2D eigenvalue weighted by Crippen LogP contribution is -2.29. The van der Waals surface area contributed by atoms with E-state index in [2.05, 4.69) is 15.3 Å². The van der Waals surface area contributed by atoms with Gasteiger partial charge in [0, 0.05) is 47.8 Å². The van der Waals surface area contributed by atoms with Crippen molar-refractivity contribution in [3.63, 3.8) is 0 Å². The third kappa shape index (κ3) is 4.49. The second-order valence-electron chi connectivity index (χ2n) is 8.77. The van der Waals surface area contributed by atoms with E-state index in [-0.39, 0.29) is 17.0 Å². The molecule has 0 radical (unpaired) electrons. The highest BCUT2D eigenvalue weighted by atomic mass is 35.5. The Hall–Kier alpha value is -5.02. The number of rotatable bonds is 5. The number of hydrogen-bond donors (Lipinski definition) is 1. The van der Waals surface area contributed by atoms with Crippen LogP contribution < -0.4 is 15.6 Å². The molecule has 192 valence electrons. The molecule has 0 saturated heterocycles. The minimum Gasteiger partial charge on any atom is -0.453 e. The Morgan fingerprint density at radius 1 is 0.949 bits per heavy atom. The Morgan fingerprint density at radius 2 is 1.74 bits per heavy atom. The number of ether oxygens (including phenoxy) is 1. The molecule has 0 aliphatic carbocycles. The topological polar surface area (TPSA) is 91.0 Å². The van der Waals surface area contributed by atoms with E-state index in [4.69, 9.17) is 16.3 Å². The van der Waals surface area contributed by atoms with E-state index in [1.54, 1.807) is 54.9 Å². The SMILES string of the molecule is Cn1ccc2c(Oc3ccc(NC(=O)c4cc5cccnc5n(-c5ccc(Cl)cc5)c4=O)cc3F)ccnc21. The Labute approximate surface area is 225 Å². The predicted octanol–water partition coefficient (Wildman–Crippen LogP) is 6.11. The van der Waals surface area contributed by atoms with Crippen molar-refractivity contribution < 1.29 is 13.9 Å². The standard InChI is InChI=1S/C29H19ClFN5O3/c1-35-14-11-21-24(10-13-33-27(21)35)39-25-9-6-19(16-23(25)31)34-28(37)22-15-17-3-2-12-32-26(17)36(29(22)38)20-7-4-18(30)5-8-20/h2-16H,1H3,(H,34,37). The van der Waals surface area contributed by atoms with Crippen LogP contribution in [0.5, 0.6) is 11.5 Å². The summed E-state index contributed by atoms with van der Waals surface area (Å²) < 4.78 is 24.0. The summed E-state index contributed by atoms with van der Waals surface area (Å²) in [5.74, 6) is -0.952. The average Bonchev–Trinajstić information content (AvgIpc) is 3.32. The number of hydrogen-bond acceptors (Lipinski definition) is 5. The van der Waals surface area contributed by atoms with Gasteiger partial charge in [-0.3, -0.25) is 14.2 Å². The number of aryl methyl sites for hydroxylation is 1. The van der Waals surface area contributed by atoms with Crippen molar-refractivity contribution in [3.05, 3.63) is 118 Å². The van der Waals surface area contributed by atoms with Crippen molar-refractivity contribution in [3.8, 4) is 17.2 Å². The zero-order valence-corrected chi connectivity index (χ0v) is 21.2. The van der Waals surface area contributed by atoms with Gasteiger partial charge in [-0.05, 0) is 66.7 Å². The molecule has 39 heavy (non-hydrogen) atoms. The number of aromatic nitrogens is 4. The number of pyridine rings is 3. The average molecular weight is 540 g/mol. The number of nitrogens with one attached hydrogen (secondary N) is 1. The number of carbonyl (C=O) groups is 1. The molecule has 8 nitrogen and oxygen atoms in total. The van der Waals surface area contributed by atoms with Gasteiger partial charge in [0.2, 0.25) is 0 Å². The predicted molar refractivity (Wildman–Crippen MR) is 147 cm³/mol. The first-order valence-electron chi connectivity index (χ1n) is 11.8. The van der Waals surface area contributed by atoms with E-state index in [0.29, 0.717) is 33.1 Å². The van der Waals surface area contributed by atoms with Crippen molar-refractivity contribution in [2.75, 3.05) is 5.32 Å². The van der Waals surface area contributed by atoms with Gasteiger partial charge in [0.25, 0.3) is 11.5 Å². The van der Waals surface area contributed by atoms with Gasteiger partial charge in [-0.15, -0.1) is 0 Å². The fourth-order valence-corrected chi connectivity index (χ4v) is 4.47. The monoisotopic (exact) mass is 539 g/mol. The van der Waals surface area contributed by atoms with E-state index in [9.17, 15) is 9.59 Å². The van der Waals surface area contributed by atoms with E-state index in [1.165, 1.54) is 22.8 Å². The normalized spacial score (nSPS) is 11.2. The molecule has 0 aliphatic heterocycles. The number of nitrogens with zero attached hydrogens (tertiary/aromatic N) is 4. The number of carbonyl (C=O) groups excluding carboxylic acids is 1. The van der Waals surface area contributed by atoms with Crippen molar-refractivity contribution in [2.45, 2.75) is 0 Å². The lowest BCUT2D eigenvalue weighted by Gasteiger charge is -2.13. The molecule has 0 atom stereocenters. The molecular weight excluding hydrogens is 521 g/mol. The van der Waals surface area contributed by atoms with Crippen molar-refractivity contribution in [1.82, 2.24) is 19.1 Å². The maximum atomic E-state index is 15.0. The second-order valence-corrected chi connectivity index (χ2v) is 9.20. The molecule has 0 unspecified atom stereocenters. The maximum absolute atomic E-state index is 15.0. The summed E-state index contributed by atoms with van der Waals surface area (Å²) in [7, 11) is 1.85. The minimum atomic E-state index is -0.693. The molecule has 4 heterocycles. The van der Waals surface area contributed by atoms with Crippen molar-refractivity contribution in [1.29, 1.82) is 0 Å². The molecule has 6 rings (SSSR count). The fourth-order valence-electron chi connectivity index (χ4n) is 4.34. The molecule has 0 spiro atoms. The van der Waals surface area contributed by atoms with Gasteiger partial charge >= 0.3 is 0 Å². The fraction of sp³-hybridized carbons (Fsp3) is 0.0345. The number of benzene rings is 2. The molecule has 4 aromatic heterocycles. The first kappa shape index (κ1) is 24.3. The van der Waals surface area contributed by atoms with Crippen molar-refractivity contribution >= 4 is 45.3 Å². The van der Waals surface area contributed by atoms with Crippen LogP contribution in [0, 0.1) is 5.82 Å². The first-order chi connectivity index (χ1) is 18.9. The third-order valence-electron chi connectivity index (χ3n) is 6.23. The van der Waals surface area contributed by atoms with Crippen molar-refractivity contribution in [2.24, 2.45) is 7.05 Å². The summed E-state index contributed by atoms with van der Waals surface area (Å²) in [6, 6.07) is 19.1. The van der Waals surface area contributed by atoms with Crippen LogP contribution in [-0.2, 0) is 7.05 Å². The Bertz CT molecular complexity index is 1950. The summed E-state index contributed by atoms with van der Waals surface area (Å²) >= 11 is 6.01. The largest absolute Gasteiger partial charge is 0.453 e. The van der Waals surface area contributed by atoms with E-state index < -0.39 is 17.3 Å². The molecule has 6 aromatic rings. The van der Waals surface area contributed by atoms with Crippen LogP contribution >= 0.6 is 11.6 Å². The molecule has 0 aliphatic rings. The van der Waals surface area contributed by atoms with E-state index >= 15 is 4.39 Å². The molecule has 1 amide bonds. The minimum absolute atomic E-state index is 0.0220. The van der Waals surface area contributed by atoms with Crippen LogP contribution in [0.4, 0.5) is 10.1 Å². The van der Waals surface area contributed by atoms with Gasteiger partial charge in [0.05, 0.1) is 11.1 Å². The quantitative estimate of drug-likeness (QED) is 0.285. The number of fused-ring (bicyclic) bond motifs is 2. The van der Waals surface area contributed by atoms with Gasteiger partial charge in [0.1, 0.15) is 22.6 Å². The molecule has 10 heteroatoms. The molecule has 0 fully saturated rings. The smallest absolute Gasteiger partial charge is 0.269 e. The number of anilines is 1. The van der Waals surface area contributed by atoms with Gasteiger partial charge in [-0.2, -0.15) is 0 Å². The highest BCUT2D eigenvalue weighted by Gasteiger charge is 2.19. The second kappa shape index (κ2) is 9.70.